The second-order valence-electron chi connectivity index (χ2n) is 12.4. The summed E-state index contributed by atoms with van der Waals surface area (Å²) in [6.07, 6.45) is 0. The monoisotopic (exact) mass is 510 g/mol. The van der Waals surface area contributed by atoms with Crippen molar-refractivity contribution in [3.8, 4) is 17.1 Å². The molecule has 0 spiro atoms. The Morgan fingerprint density at radius 1 is 0.667 bits per heavy atom. The van der Waals surface area contributed by atoms with Crippen molar-refractivity contribution < 1.29 is 0 Å². The van der Waals surface area contributed by atoms with Gasteiger partial charge in [-0.2, -0.15) is 0 Å². The van der Waals surface area contributed by atoms with Gasteiger partial charge in [-0.15, -0.1) is 0 Å². The summed E-state index contributed by atoms with van der Waals surface area (Å²) in [5, 5.41) is 0. The number of hydrogen-bond donors (Lipinski definition) is 0. The molecule has 0 unspecified atom stereocenters. The number of hydrogen-bond acceptors (Lipinski definition) is 1. The Hall–Kier alpha value is -3.59. The Kier molecular flexibility index (Phi) is 6.29. The zero-order valence-corrected chi connectivity index (χ0v) is 24.6. The first-order valence-corrected chi connectivity index (χ1v) is 14.5. The molecule has 3 heteroatoms. The largest absolute Gasteiger partial charge is 0.293 e. The highest BCUT2D eigenvalue weighted by molar-refractivity contribution is 6.98. The first-order chi connectivity index (χ1) is 18.7. The maximum absolute atomic E-state index is 5.28. The molecule has 0 N–H and O–H groups in total. The van der Waals surface area contributed by atoms with Crippen LogP contribution in [0.4, 0.5) is 0 Å². The van der Waals surface area contributed by atoms with Gasteiger partial charge in [0.05, 0.1) is 11.0 Å². The molecule has 0 atom stereocenters. The number of para-hydroxylation sites is 2. The summed E-state index contributed by atoms with van der Waals surface area (Å²) in [4.78, 5) is 5.28. The summed E-state index contributed by atoms with van der Waals surface area (Å²) < 4.78 is 2.43. The smallest absolute Gasteiger partial charge is 0.247 e. The lowest BCUT2D eigenvalue weighted by molar-refractivity contribution is 0.812. The highest BCUT2D eigenvalue weighted by Crippen LogP contribution is 2.33. The van der Waals surface area contributed by atoms with Gasteiger partial charge in [0.1, 0.15) is 5.82 Å². The molecule has 1 aliphatic rings. The molecule has 2 heterocycles. The van der Waals surface area contributed by atoms with Crippen LogP contribution in [0.2, 0.25) is 0 Å². The number of aromatic nitrogens is 2. The molecule has 0 fully saturated rings. The Morgan fingerprint density at radius 3 is 1.90 bits per heavy atom. The third kappa shape index (κ3) is 4.14. The number of fused-ring (bicyclic) bond motifs is 2. The number of benzene rings is 4. The van der Waals surface area contributed by atoms with Crippen molar-refractivity contribution in [3.63, 3.8) is 0 Å². The number of aryl methyl sites for hydroxylation is 2. The van der Waals surface area contributed by atoms with E-state index in [1.165, 1.54) is 61.0 Å². The van der Waals surface area contributed by atoms with E-state index in [1.807, 2.05) is 0 Å². The minimum absolute atomic E-state index is 0.164. The minimum Gasteiger partial charge on any atom is -0.293 e. The van der Waals surface area contributed by atoms with E-state index < -0.39 is 0 Å². The lowest BCUT2D eigenvalue weighted by atomic mass is 9.33. The van der Waals surface area contributed by atoms with Gasteiger partial charge in [0.15, 0.2) is 0 Å². The van der Waals surface area contributed by atoms with E-state index in [1.54, 1.807) is 0 Å². The predicted octanol–water partition coefficient (Wildman–Crippen LogP) is 7.51. The van der Waals surface area contributed by atoms with E-state index in [9.17, 15) is 0 Å². The summed E-state index contributed by atoms with van der Waals surface area (Å²) in [7, 11) is 0. The molecular formula is C36H39BN2. The Morgan fingerprint density at radius 2 is 1.28 bits per heavy atom. The molecule has 5 aromatic rings. The molecule has 1 aliphatic heterocycles. The van der Waals surface area contributed by atoms with Gasteiger partial charge in [0.25, 0.3) is 0 Å². The Balaban J connectivity index is 1.73. The van der Waals surface area contributed by atoms with Crippen molar-refractivity contribution in [3.05, 3.63) is 101 Å². The standard InChI is InChI=1S/C36H39BN2/c1-21(2)26-19-28(22(3)4)34(29(20-26)23(5)6)37-30-12-9-10-15-33(30)39-35-31(37)13-11-14-32(35)38-36(39)27-17-24(7)16-25(8)18-27/h9-23H,1-8H3. The van der Waals surface area contributed by atoms with E-state index in [-0.39, 0.29) is 6.71 Å². The van der Waals surface area contributed by atoms with E-state index in [0.717, 1.165) is 11.3 Å². The second kappa shape index (κ2) is 9.56. The summed E-state index contributed by atoms with van der Waals surface area (Å²) in [6.45, 7) is 18.5. The fraction of sp³-hybridized carbons (Fsp3) is 0.306. The molecule has 0 saturated heterocycles. The third-order valence-electron chi connectivity index (χ3n) is 8.45. The summed E-state index contributed by atoms with van der Waals surface area (Å²) in [6, 6.07) is 27.5. The van der Waals surface area contributed by atoms with Crippen LogP contribution in [-0.4, -0.2) is 16.3 Å². The average Bonchev–Trinajstić information content (AvgIpc) is 3.29. The van der Waals surface area contributed by atoms with Crippen LogP contribution >= 0.6 is 0 Å². The number of imidazole rings is 1. The van der Waals surface area contributed by atoms with Crippen molar-refractivity contribution in [1.29, 1.82) is 0 Å². The first-order valence-electron chi connectivity index (χ1n) is 14.5. The van der Waals surface area contributed by atoms with Gasteiger partial charge in [0, 0.05) is 11.3 Å². The van der Waals surface area contributed by atoms with Gasteiger partial charge in [-0.1, -0.05) is 107 Å². The van der Waals surface area contributed by atoms with E-state index in [4.69, 9.17) is 4.98 Å². The van der Waals surface area contributed by atoms with Gasteiger partial charge in [0.2, 0.25) is 6.71 Å². The SMILES string of the molecule is Cc1cc(C)cc(-c2nc3cccc4c3n2-c2ccccc2B4c2c(C(C)C)cc(C(C)C)cc2C(C)C)c1. The third-order valence-corrected chi connectivity index (χ3v) is 8.45. The van der Waals surface area contributed by atoms with Crippen molar-refractivity contribution >= 4 is 34.1 Å². The zero-order chi connectivity index (χ0) is 27.6. The van der Waals surface area contributed by atoms with Crippen LogP contribution in [0.25, 0.3) is 28.1 Å². The molecule has 0 radical (unpaired) electrons. The van der Waals surface area contributed by atoms with E-state index in [0.29, 0.717) is 17.8 Å². The van der Waals surface area contributed by atoms with Crippen LogP contribution in [0, 0.1) is 13.8 Å². The highest BCUT2D eigenvalue weighted by atomic mass is 15.1. The van der Waals surface area contributed by atoms with Crippen molar-refractivity contribution in [2.24, 2.45) is 0 Å². The fourth-order valence-electron chi connectivity index (χ4n) is 6.68. The topological polar surface area (TPSA) is 17.8 Å². The zero-order valence-electron chi connectivity index (χ0n) is 24.6. The molecule has 196 valence electrons. The summed E-state index contributed by atoms with van der Waals surface area (Å²) in [5.41, 5.74) is 15.9. The molecule has 6 rings (SSSR count). The van der Waals surface area contributed by atoms with Gasteiger partial charge < -0.3 is 0 Å². The van der Waals surface area contributed by atoms with Crippen LogP contribution in [0.15, 0.2) is 72.8 Å². The van der Waals surface area contributed by atoms with Gasteiger partial charge in [-0.25, -0.2) is 4.98 Å². The molecule has 39 heavy (non-hydrogen) atoms. The lowest BCUT2D eigenvalue weighted by Crippen LogP contribution is -2.58. The van der Waals surface area contributed by atoms with Crippen LogP contribution < -0.4 is 16.4 Å². The van der Waals surface area contributed by atoms with Crippen molar-refractivity contribution in [2.75, 3.05) is 0 Å². The molecule has 0 saturated carbocycles. The highest BCUT2D eigenvalue weighted by Gasteiger charge is 2.37. The van der Waals surface area contributed by atoms with Gasteiger partial charge in [-0.3, -0.25) is 4.57 Å². The van der Waals surface area contributed by atoms with Gasteiger partial charge in [-0.05, 0) is 83.5 Å². The Labute approximate surface area is 234 Å². The molecule has 4 aromatic carbocycles. The molecule has 0 amide bonds. The molecule has 0 bridgehead atoms. The number of nitrogens with zero attached hydrogens (tertiary/aromatic N) is 2. The fourth-order valence-corrected chi connectivity index (χ4v) is 6.68. The quantitative estimate of drug-likeness (QED) is 0.220. The summed E-state index contributed by atoms with van der Waals surface area (Å²) in [5.74, 6) is 2.39. The Bertz CT molecular complexity index is 1670. The van der Waals surface area contributed by atoms with Crippen LogP contribution in [-0.2, 0) is 0 Å². The van der Waals surface area contributed by atoms with Crippen LogP contribution in [0.1, 0.15) is 87.1 Å². The van der Waals surface area contributed by atoms with E-state index in [2.05, 4.69) is 133 Å². The van der Waals surface area contributed by atoms with Crippen LogP contribution in [0.3, 0.4) is 0 Å². The maximum atomic E-state index is 5.28. The number of rotatable bonds is 5. The first kappa shape index (κ1) is 25.7. The molecule has 0 aliphatic carbocycles. The average molecular weight is 511 g/mol. The molecule has 1 aromatic heterocycles. The summed E-state index contributed by atoms with van der Waals surface area (Å²) >= 11 is 0. The maximum Gasteiger partial charge on any atom is 0.247 e. The normalized spacial score (nSPS) is 12.7. The second-order valence-corrected chi connectivity index (χ2v) is 12.4. The molecule has 2 nitrogen and oxygen atoms in total. The van der Waals surface area contributed by atoms with Crippen molar-refractivity contribution in [1.82, 2.24) is 9.55 Å². The van der Waals surface area contributed by atoms with Crippen molar-refractivity contribution in [2.45, 2.75) is 73.1 Å². The minimum atomic E-state index is 0.164. The molecular weight excluding hydrogens is 471 g/mol. The van der Waals surface area contributed by atoms with E-state index >= 15 is 0 Å². The lowest BCUT2D eigenvalue weighted by Gasteiger charge is -2.32. The van der Waals surface area contributed by atoms with Crippen LogP contribution in [0.5, 0.6) is 0 Å². The predicted molar refractivity (Wildman–Crippen MR) is 169 cm³/mol. The van der Waals surface area contributed by atoms with Gasteiger partial charge >= 0.3 is 0 Å².